The highest BCUT2D eigenvalue weighted by Crippen LogP contribution is 2.27. The minimum absolute atomic E-state index is 0.172. The van der Waals surface area contributed by atoms with E-state index < -0.39 is 36.0 Å². The summed E-state index contributed by atoms with van der Waals surface area (Å²) in [6.45, 7) is 0.483. The van der Waals surface area contributed by atoms with Crippen molar-refractivity contribution in [2.45, 2.75) is 31.6 Å². The van der Waals surface area contributed by atoms with E-state index in [1.807, 2.05) is 0 Å². The molecule has 2 amide bonds. The summed E-state index contributed by atoms with van der Waals surface area (Å²) in [5, 5.41) is 2.64. The molecule has 2 aromatic carbocycles. The quantitative estimate of drug-likeness (QED) is 0.645. The van der Waals surface area contributed by atoms with Gasteiger partial charge in [0.2, 0.25) is 0 Å². The first-order chi connectivity index (χ1) is 15.4. The Morgan fingerprint density at radius 3 is 2.00 bits per heavy atom. The number of amides is 2. The molecule has 0 aromatic heterocycles. The molecule has 2 aromatic rings. The van der Waals surface area contributed by atoms with Gasteiger partial charge < -0.3 is 19.7 Å². The van der Waals surface area contributed by atoms with Gasteiger partial charge in [0.15, 0.2) is 0 Å². The number of para-hydroxylation sites is 1. The molecule has 1 saturated heterocycles. The summed E-state index contributed by atoms with van der Waals surface area (Å²) in [6.07, 6.45) is -9.10. The zero-order valence-electron chi connectivity index (χ0n) is 16.9. The van der Waals surface area contributed by atoms with Crippen LogP contribution in [-0.2, 0) is 0 Å². The third-order valence-corrected chi connectivity index (χ3v) is 4.81. The number of likely N-dealkylation sites (tertiary alicyclic amines) is 1. The number of carbonyl (C=O) groups is 2. The van der Waals surface area contributed by atoms with Gasteiger partial charge in [0, 0.05) is 24.7 Å². The molecule has 12 heteroatoms. The third kappa shape index (κ3) is 7.02. The normalized spacial score (nSPS) is 15.2. The topological polar surface area (TPSA) is 67.9 Å². The lowest BCUT2D eigenvalue weighted by Gasteiger charge is -2.32. The van der Waals surface area contributed by atoms with E-state index in [2.05, 4.69) is 14.8 Å². The van der Waals surface area contributed by atoms with Crippen LogP contribution in [0.15, 0.2) is 48.5 Å². The molecule has 178 valence electrons. The zero-order valence-corrected chi connectivity index (χ0v) is 16.9. The minimum Gasteiger partial charge on any atom is -0.406 e. The van der Waals surface area contributed by atoms with Crippen molar-refractivity contribution in [3.8, 4) is 11.5 Å². The summed E-state index contributed by atoms with van der Waals surface area (Å²) in [7, 11) is 0. The second-order valence-electron chi connectivity index (χ2n) is 7.16. The van der Waals surface area contributed by atoms with E-state index in [-0.39, 0.29) is 30.3 Å². The van der Waals surface area contributed by atoms with Crippen LogP contribution in [0.5, 0.6) is 11.5 Å². The van der Waals surface area contributed by atoms with Gasteiger partial charge in [0.1, 0.15) is 11.5 Å². The number of nitrogens with one attached hydrogen (secondary N) is 1. The molecule has 1 N–H and O–H groups in total. The van der Waals surface area contributed by atoms with E-state index in [9.17, 15) is 35.9 Å². The molecule has 0 atom stereocenters. The molecule has 0 radical (unpaired) electrons. The maximum atomic E-state index is 12.6. The minimum atomic E-state index is -4.95. The summed E-state index contributed by atoms with van der Waals surface area (Å²) in [5.41, 5.74) is -0.0975. The lowest BCUT2D eigenvalue weighted by molar-refractivity contribution is -0.275. The number of rotatable bonds is 5. The van der Waals surface area contributed by atoms with Crippen molar-refractivity contribution in [3.05, 3.63) is 59.7 Å². The number of ether oxygens (including phenoxy) is 2. The van der Waals surface area contributed by atoms with Crippen molar-refractivity contribution >= 4 is 11.8 Å². The van der Waals surface area contributed by atoms with E-state index in [0.29, 0.717) is 12.8 Å². The first kappa shape index (κ1) is 24.2. The van der Waals surface area contributed by atoms with Crippen LogP contribution in [0.4, 0.5) is 26.3 Å². The van der Waals surface area contributed by atoms with Crippen molar-refractivity contribution < 1.29 is 45.4 Å². The summed E-state index contributed by atoms with van der Waals surface area (Å²) in [6, 6.07) is 9.08. The molecule has 3 rings (SSSR count). The monoisotopic (exact) mass is 476 g/mol. The highest BCUT2D eigenvalue weighted by atomic mass is 19.4. The Labute approximate surface area is 184 Å². The van der Waals surface area contributed by atoms with Crippen LogP contribution in [0, 0.1) is 0 Å². The van der Waals surface area contributed by atoms with Crippen molar-refractivity contribution in [1.82, 2.24) is 10.2 Å². The van der Waals surface area contributed by atoms with Gasteiger partial charge in [-0.3, -0.25) is 9.59 Å². The second kappa shape index (κ2) is 9.59. The third-order valence-electron chi connectivity index (χ3n) is 4.81. The molecule has 1 heterocycles. The van der Waals surface area contributed by atoms with Gasteiger partial charge in [0.25, 0.3) is 11.8 Å². The average Bonchev–Trinajstić information content (AvgIpc) is 2.72. The highest BCUT2D eigenvalue weighted by molar-refractivity contribution is 5.97. The van der Waals surface area contributed by atoms with Gasteiger partial charge in [-0.2, -0.15) is 0 Å². The van der Waals surface area contributed by atoms with Crippen LogP contribution in [0.25, 0.3) is 0 Å². The molecule has 0 saturated carbocycles. The predicted molar refractivity (Wildman–Crippen MR) is 103 cm³/mol. The smallest absolute Gasteiger partial charge is 0.406 e. The molecule has 0 aliphatic carbocycles. The van der Waals surface area contributed by atoms with E-state index in [1.54, 1.807) is 0 Å². The Morgan fingerprint density at radius 1 is 0.848 bits per heavy atom. The average molecular weight is 476 g/mol. The Kier molecular flexibility index (Phi) is 7.04. The van der Waals surface area contributed by atoms with Gasteiger partial charge in [-0.15, -0.1) is 26.3 Å². The lowest BCUT2D eigenvalue weighted by Crippen LogP contribution is -2.46. The molecule has 33 heavy (non-hydrogen) atoms. The van der Waals surface area contributed by atoms with Crippen LogP contribution in [0.3, 0.4) is 0 Å². The zero-order chi connectivity index (χ0) is 24.2. The van der Waals surface area contributed by atoms with E-state index in [0.717, 1.165) is 18.2 Å². The Balaban J connectivity index is 1.55. The summed E-state index contributed by atoms with van der Waals surface area (Å²) in [4.78, 5) is 26.5. The molecule has 0 unspecified atom stereocenters. The maximum absolute atomic E-state index is 12.6. The van der Waals surface area contributed by atoms with Crippen molar-refractivity contribution in [3.63, 3.8) is 0 Å². The maximum Gasteiger partial charge on any atom is 0.573 e. The van der Waals surface area contributed by atoms with Crippen LogP contribution in [-0.4, -0.2) is 48.6 Å². The Morgan fingerprint density at radius 2 is 1.42 bits per heavy atom. The van der Waals surface area contributed by atoms with Gasteiger partial charge in [-0.25, -0.2) is 0 Å². The number of piperidine rings is 1. The summed E-state index contributed by atoms with van der Waals surface area (Å²) < 4.78 is 82.0. The fourth-order valence-electron chi connectivity index (χ4n) is 3.34. The summed E-state index contributed by atoms with van der Waals surface area (Å²) in [5.74, 6) is -2.20. The Bertz CT molecular complexity index is 983. The first-order valence-corrected chi connectivity index (χ1v) is 9.72. The van der Waals surface area contributed by atoms with Crippen LogP contribution < -0.4 is 14.8 Å². The fourth-order valence-corrected chi connectivity index (χ4v) is 3.34. The van der Waals surface area contributed by atoms with Crippen molar-refractivity contribution in [2.75, 3.05) is 13.1 Å². The lowest BCUT2D eigenvalue weighted by atomic mass is 10.0. The Hall–Kier alpha value is -3.44. The number of carbonyl (C=O) groups excluding carboxylic acids is 2. The van der Waals surface area contributed by atoms with Gasteiger partial charge in [-0.1, -0.05) is 12.1 Å². The molecular formula is C21H18F6N2O4. The van der Waals surface area contributed by atoms with Crippen LogP contribution in [0.2, 0.25) is 0 Å². The van der Waals surface area contributed by atoms with Gasteiger partial charge in [-0.05, 0) is 49.2 Å². The molecule has 6 nitrogen and oxygen atoms in total. The second-order valence-corrected chi connectivity index (χ2v) is 7.16. The largest absolute Gasteiger partial charge is 0.573 e. The number of halogens is 6. The van der Waals surface area contributed by atoms with E-state index in [1.165, 1.54) is 35.2 Å². The number of hydrogen-bond acceptors (Lipinski definition) is 4. The predicted octanol–water partition coefficient (Wildman–Crippen LogP) is 4.52. The fraction of sp³-hybridized carbons (Fsp3) is 0.333. The van der Waals surface area contributed by atoms with E-state index >= 15 is 0 Å². The van der Waals surface area contributed by atoms with E-state index in [4.69, 9.17) is 0 Å². The summed E-state index contributed by atoms with van der Waals surface area (Å²) >= 11 is 0. The number of nitrogens with zero attached hydrogens (tertiary/aromatic N) is 1. The molecule has 0 bridgehead atoms. The number of benzene rings is 2. The standard InChI is InChI=1S/C21H18F6N2O4/c22-20(23,24)32-15-7-5-13(6-8-15)19(31)29-11-9-14(10-12-29)28-18(30)16-3-1-2-4-17(16)33-21(25,26)27/h1-8,14H,9-12H2,(H,28,30). The van der Waals surface area contributed by atoms with Crippen molar-refractivity contribution in [1.29, 1.82) is 0 Å². The molecule has 1 fully saturated rings. The van der Waals surface area contributed by atoms with Crippen molar-refractivity contribution in [2.24, 2.45) is 0 Å². The molecular weight excluding hydrogens is 458 g/mol. The SMILES string of the molecule is O=C(NC1CCN(C(=O)c2ccc(OC(F)(F)F)cc2)CC1)c1ccccc1OC(F)(F)F. The molecule has 1 aliphatic rings. The number of alkyl halides is 6. The highest BCUT2D eigenvalue weighted by Gasteiger charge is 2.34. The molecule has 0 spiro atoms. The number of hydrogen-bond donors (Lipinski definition) is 1. The van der Waals surface area contributed by atoms with Gasteiger partial charge in [0.05, 0.1) is 5.56 Å². The van der Waals surface area contributed by atoms with Crippen LogP contribution >= 0.6 is 0 Å². The van der Waals surface area contributed by atoms with Crippen LogP contribution in [0.1, 0.15) is 33.6 Å². The molecule has 1 aliphatic heterocycles. The first-order valence-electron chi connectivity index (χ1n) is 9.72. The van der Waals surface area contributed by atoms with Gasteiger partial charge >= 0.3 is 12.7 Å².